The molecular formula is C17H24N4O. The van der Waals surface area contributed by atoms with Crippen LogP contribution >= 0.6 is 0 Å². The predicted octanol–water partition coefficient (Wildman–Crippen LogP) is 2.49. The standard InChI is InChI=1S/C17H24N4O/c1-14-17(16(22)10-13-20-11-6-3-7-12-20)19-21(18-14)15-8-4-2-5-9-15/h2,4-5,8-9,16,22H,3,6-7,10-13H2,1H3. The summed E-state index contributed by atoms with van der Waals surface area (Å²) in [6.07, 6.45) is 4.07. The van der Waals surface area contributed by atoms with Crippen LogP contribution in [0.15, 0.2) is 30.3 Å². The lowest BCUT2D eigenvalue weighted by atomic mass is 10.1. The van der Waals surface area contributed by atoms with E-state index in [2.05, 4.69) is 15.1 Å². The van der Waals surface area contributed by atoms with Crippen LogP contribution in [-0.4, -0.2) is 44.6 Å². The van der Waals surface area contributed by atoms with Gasteiger partial charge in [-0.15, -0.1) is 0 Å². The molecule has 22 heavy (non-hydrogen) atoms. The van der Waals surface area contributed by atoms with Gasteiger partial charge in [-0.05, 0) is 51.4 Å². The summed E-state index contributed by atoms with van der Waals surface area (Å²) in [6.45, 7) is 5.15. The first-order valence-electron chi connectivity index (χ1n) is 8.14. The lowest BCUT2D eigenvalue weighted by Gasteiger charge is -2.26. The summed E-state index contributed by atoms with van der Waals surface area (Å²) in [5, 5.41) is 19.4. The third kappa shape index (κ3) is 3.54. The molecule has 3 rings (SSSR count). The molecule has 2 aromatic rings. The minimum absolute atomic E-state index is 0.542. The van der Waals surface area contributed by atoms with Gasteiger partial charge in [0.1, 0.15) is 11.8 Å². The van der Waals surface area contributed by atoms with Crippen LogP contribution < -0.4 is 0 Å². The van der Waals surface area contributed by atoms with E-state index in [0.717, 1.165) is 31.0 Å². The number of hydrogen-bond acceptors (Lipinski definition) is 4. The van der Waals surface area contributed by atoms with E-state index >= 15 is 0 Å². The van der Waals surface area contributed by atoms with Crippen molar-refractivity contribution in [3.63, 3.8) is 0 Å². The third-order valence-corrected chi connectivity index (χ3v) is 4.29. The van der Waals surface area contributed by atoms with E-state index in [1.807, 2.05) is 37.3 Å². The molecule has 1 aliphatic rings. The normalized spacial score (nSPS) is 17.5. The van der Waals surface area contributed by atoms with Crippen LogP contribution in [0, 0.1) is 6.92 Å². The fraction of sp³-hybridized carbons (Fsp3) is 0.529. The number of aromatic nitrogens is 3. The Morgan fingerprint density at radius 2 is 1.82 bits per heavy atom. The number of rotatable bonds is 5. The summed E-state index contributed by atoms with van der Waals surface area (Å²) in [5.41, 5.74) is 2.41. The van der Waals surface area contributed by atoms with Crippen LogP contribution in [-0.2, 0) is 0 Å². The van der Waals surface area contributed by atoms with Gasteiger partial charge in [-0.3, -0.25) is 0 Å². The molecule has 1 aromatic heterocycles. The minimum atomic E-state index is -0.542. The third-order valence-electron chi connectivity index (χ3n) is 4.29. The van der Waals surface area contributed by atoms with Gasteiger partial charge < -0.3 is 10.0 Å². The van der Waals surface area contributed by atoms with Crippen molar-refractivity contribution in [2.45, 2.75) is 38.7 Å². The molecule has 0 spiro atoms. The Morgan fingerprint density at radius 3 is 2.55 bits per heavy atom. The fourth-order valence-electron chi connectivity index (χ4n) is 3.00. The molecule has 0 aliphatic carbocycles. The van der Waals surface area contributed by atoms with E-state index < -0.39 is 6.10 Å². The summed E-state index contributed by atoms with van der Waals surface area (Å²) in [6, 6.07) is 9.81. The summed E-state index contributed by atoms with van der Waals surface area (Å²) >= 11 is 0. The van der Waals surface area contributed by atoms with Crippen molar-refractivity contribution in [2.24, 2.45) is 0 Å². The summed E-state index contributed by atoms with van der Waals surface area (Å²) < 4.78 is 0. The van der Waals surface area contributed by atoms with Crippen molar-refractivity contribution in [1.29, 1.82) is 0 Å². The number of piperidine rings is 1. The number of likely N-dealkylation sites (tertiary alicyclic amines) is 1. The number of benzene rings is 1. The van der Waals surface area contributed by atoms with Crippen LogP contribution in [0.1, 0.15) is 43.2 Å². The number of nitrogens with zero attached hydrogens (tertiary/aromatic N) is 4. The highest BCUT2D eigenvalue weighted by molar-refractivity contribution is 5.29. The van der Waals surface area contributed by atoms with Gasteiger partial charge in [0.25, 0.3) is 0 Å². The van der Waals surface area contributed by atoms with Gasteiger partial charge in [0.05, 0.1) is 11.4 Å². The molecular weight excluding hydrogens is 276 g/mol. The zero-order valence-corrected chi connectivity index (χ0v) is 13.1. The van der Waals surface area contributed by atoms with Crippen LogP contribution in [0.2, 0.25) is 0 Å². The molecule has 5 heteroatoms. The van der Waals surface area contributed by atoms with Gasteiger partial charge in [0.15, 0.2) is 0 Å². The average molecular weight is 300 g/mol. The van der Waals surface area contributed by atoms with Crippen LogP contribution in [0.4, 0.5) is 0 Å². The number of para-hydroxylation sites is 1. The van der Waals surface area contributed by atoms with Gasteiger partial charge in [-0.25, -0.2) is 0 Å². The second-order valence-corrected chi connectivity index (χ2v) is 6.00. The minimum Gasteiger partial charge on any atom is -0.387 e. The van der Waals surface area contributed by atoms with E-state index in [1.165, 1.54) is 19.3 Å². The monoisotopic (exact) mass is 300 g/mol. The Bertz CT molecular complexity index is 590. The first-order chi connectivity index (χ1) is 10.7. The molecule has 1 aliphatic heterocycles. The molecule has 0 amide bonds. The Morgan fingerprint density at radius 1 is 1.09 bits per heavy atom. The van der Waals surface area contributed by atoms with Gasteiger partial charge >= 0.3 is 0 Å². The van der Waals surface area contributed by atoms with E-state index in [0.29, 0.717) is 12.1 Å². The number of aryl methyl sites for hydroxylation is 1. The summed E-state index contributed by atoms with van der Waals surface area (Å²) in [7, 11) is 0. The Hall–Kier alpha value is -1.72. The molecule has 5 nitrogen and oxygen atoms in total. The second kappa shape index (κ2) is 7.03. The molecule has 1 unspecified atom stereocenters. The number of aliphatic hydroxyl groups excluding tert-OH is 1. The van der Waals surface area contributed by atoms with E-state index in [1.54, 1.807) is 4.80 Å². The van der Waals surface area contributed by atoms with Crippen molar-refractivity contribution >= 4 is 0 Å². The zero-order chi connectivity index (χ0) is 15.4. The molecule has 1 atom stereocenters. The molecule has 1 aromatic carbocycles. The fourth-order valence-corrected chi connectivity index (χ4v) is 3.00. The first kappa shape index (κ1) is 15.2. The molecule has 0 saturated carbocycles. The van der Waals surface area contributed by atoms with Gasteiger partial charge in [0.2, 0.25) is 0 Å². The van der Waals surface area contributed by atoms with E-state index in [-0.39, 0.29) is 0 Å². The van der Waals surface area contributed by atoms with Gasteiger partial charge in [0, 0.05) is 6.54 Å². The SMILES string of the molecule is Cc1nn(-c2ccccc2)nc1C(O)CCN1CCCCC1. The topological polar surface area (TPSA) is 54.2 Å². The first-order valence-corrected chi connectivity index (χ1v) is 8.14. The van der Waals surface area contributed by atoms with Crippen molar-refractivity contribution in [3.8, 4) is 5.69 Å². The average Bonchev–Trinajstić information content (AvgIpc) is 2.96. The van der Waals surface area contributed by atoms with Crippen LogP contribution in [0.3, 0.4) is 0 Å². The highest BCUT2D eigenvalue weighted by Gasteiger charge is 2.19. The molecule has 0 bridgehead atoms. The zero-order valence-electron chi connectivity index (χ0n) is 13.1. The molecule has 2 heterocycles. The maximum absolute atomic E-state index is 10.4. The molecule has 1 fully saturated rings. The Labute approximate surface area is 131 Å². The quantitative estimate of drug-likeness (QED) is 0.921. The molecule has 0 radical (unpaired) electrons. The molecule has 1 saturated heterocycles. The largest absolute Gasteiger partial charge is 0.387 e. The highest BCUT2D eigenvalue weighted by atomic mass is 16.3. The maximum Gasteiger partial charge on any atom is 0.115 e. The smallest absolute Gasteiger partial charge is 0.115 e. The van der Waals surface area contributed by atoms with Crippen molar-refractivity contribution < 1.29 is 5.11 Å². The lowest BCUT2D eigenvalue weighted by Crippen LogP contribution is -2.31. The van der Waals surface area contributed by atoms with Crippen LogP contribution in [0.25, 0.3) is 5.69 Å². The summed E-state index contributed by atoms with van der Waals surface area (Å²) in [5.74, 6) is 0. The summed E-state index contributed by atoms with van der Waals surface area (Å²) in [4.78, 5) is 4.04. The van der Waals surface area contributed by atoms with Crippen molar-refractivity contribution in [3.05, 3.63) is 41.7 Å². The van der Waals surface area contributed by atoms with Gasteiger partial charge in [-0.2, -0.15) is 15.0 Å². The van der Waals surface area contributed by atoms with E-state index in [4.69, 9.17) is 0 Å². The van der Waals surface area contributed by atoms with E-state index in [9.17, 15) is 5.11 Å². The predicted molar refractivity (Wildman–Crippen MR) is 86.0 cm³/mol. The number of aliphatic hydroxyl groups is 1. The second-order valence-electron chi connectivity index (χ2n) is 6.00. The molecule has 118 valence electrons. The van der Waals surface area contributed by atoms with Crippen LogP contribution in [0.5, 0.6) is 0 Å². The Kier molecular flexibility index (Phi) is 4.85. The Balaban J connectivity index is 1.65. The maximum atomic E-state index is 10.4. The van der Waals surface area contributed by atoms with Crippen molar-refractivity contribution in [2.75, 3.05) is 19.6 Å². The number of hydrogen-bond donors (Lipinski definition) is 1. The van der Waals surface area contributed by atoms with Crippen molar-refractivity contribution in [1.82, 2.24) is 19.9 Å². The molecule has 1 N–H and O–H groups in total. The highest BCUT2D eigenvalue weighted by Crippen LogP contribution is 2.20. The lowest BCUT2D eigenvalue weighted by molar-refractivity contribution is 0.130. The van der Waals surface area contributed by atoms with Gasteiger partial charge in [-0.1, -0.05) is 24.6 Å².